The van der Waals surface area contributed by atoms with Crippen LogP contribution in [0.3, 0.4) is 0 Å². The van der Waals surface area contributed by atoms with Gasteiger partial charge < -0.3 is 15.7 Å². The third kappa shape index (κ3) is 3.40. The first-order chi connectivity index (χ1) is 7.50. The maximum absolute atomic E-state index is 10.7. The van der Waals surface area contributed by atoms with Crippen LogP contribution in [-0.2, 0) is 4.79 Å². The van der Waals surface area contributed by atoms with Crippen LogP contribution >= 0.6 is 0 Å². The Kier molecular flexibility index (Phi) is 4.08. The van der Waals surface area contributed by atoms with Gasteiger partial charge >= 0.3 is 5.97 Å². The average molecular weight is 220 g/mol. The molecule has 0 saturated heterocycles. The van der Waals surface area contributed by atoms with Crippen LogP contribution in [0.5, 0.6) is 0 Å². The molecule has 86 valence electrons. The van der Waals surface area contributed by atoms with Crippen LogP contribution in [-0.4, -0.2) is 29.1 Å². The van der Waals surface area contributed by atoms with Crippen molar-refractivity contribution in [1.82, 2.24) is 4.90 Å². The Hall–Kier alpha value is -1.81. The summed E-state index contributed by atoms with van der Waals surface area (Å²) in [6.45, 7) is 3.88. The van der Waals surface area contributed by atoms with Gasteiger partial charge in [-0.25, -0.2) is 0 Å². The van der Waals surface area contributed by atoms with E-state index in [2.05, 4.69) is 6.58 Å². The summed E-state index contributed by atoms with van der Waals surface area (Å²) >= 11 is 0. The molecule has 1 aliphatic heterocycles. The van der Waals surface area contributed by atoms with Crippen LogP contribution in [0.15, 0.2) is 48.4 Å². The van der Waals surface area contributed by atoms with Crippen LogP contribution < -0.4 is 5.73 Å². The minimum Gasteiger partial charge on any atom is -0.480 e. The first-order valence-electron chi connectivity index (χ1n) is 4.96. The van der Waals surface area contributed by atoms with Crippen LogP contribution in [0, 0.1) is 0 Å². The highest BCUT2D eigenvalue weighted by Crippen LogP contribution is 2.17. The lowest BCUT2D eigenvalue weighted by atomic mass is 10.00. The smallest absolute Gasteiger partial charge is 0.320 e. The zero-order valence-corrected chi connectivity index (χ0v) is 9.26. The Bertz CT molecular complexity index is 380. The molecule has 0 amide bonds. The molecule has 0 aliphatic carbocycles. The van der Waals surface area contributed by atoms with E-state index in [0.717, 1.165) is 11.1 Å². The molecule has 4 heteroatoms. The van der Waals surface area contributed by atoms with E-state index in [9.17, 15) is 4.79 Å². The molecule has 0 radical (unpaired) electrons. The van der Waals surface area contributed by atoms with Crippen molar-refractivity contribution in [3.8, 4) is 0 Å². The van der Waals surface area contributed by atoms with Crippen LogP contribution in [0.25, 0.3) is 0 Å². The van der Waals surface area contributed by atoms with Crippen molar-refractivity contribution in [2.45, 2.75) is 12.5 Å². The van der Waals surface area contributed by atoms with Gasteiger partial charge in [0.15, 0.2) is 0 Å². The van der Waals surface area contributed by atoms with Gasteiger partial charge in [-0.2, -0.15) is 0 Å². The molecule has 4 nitrogen and oxygen atoms in total. The van der Waals surface area contributed by atoms with Gasteiger partial charge in [-0.15, -0.1) is 0 Å². The summed E-state index contributed by atoms with van der Waals surface area (Å²) < 4.78 is 0. The third-order valence-electron chi connectivity index (χ3n) is 2.26. The zero-order chi connectivity index (χ0) is 12.1. The molecule has 1 heterocycles. The van der Waals surface area contributed by atoms with Gasteiger partial charge in [-0.1, -0.05) is 18.7 Å². The van der Waals surface area contributed by atoms with Crippen molar-refractivity contribution in [1.29, 1.82) is 0 Å². The van der Waals surface area contributed by atoms with Gasteiger partial charge in [0.1, 0.15) is 6.04 Å². The Morgan fingerprint density at radius 3 is 2.94 bits per heavy atom. The summed E-state index contributed by atoms with van der Waals surface area (Å²) in [6.07, 6.45) is 9.56. The lowest BCUT2D eigenvalue weighted by Gasteiger charge is -2.16. The van der Waals surface area contributed by atoms with E-state index in [1.54, 1.807) is 0 Å². The molecule has 1 rings (SSSR count). The summed E-state index contributed by atoms with van der Waals surface area (Å²) in [5.41, 5.74) is 7.12. The normalized spacial score (nSPS) is 23.0. The van der Waals surface area contributed by atoms with Crippen molar-refractivity contribution in [2.24, 2.45) is 5.73 Å². The lowest BCUT2D eigenvalue weighted by molar-refractivity contribution is -0.138. The number of hydrogen-bond donors (Lipinski definition) is 2. The maximum atomic E-state index is 10.7. The number of allylic oxidation sites excluding steroid dienone is 4. The Balaban J connectivity index is 2.87. The van der Waals surface area contributed by atoms with E-state index in [4.69, 9.17) is 10.8 Å². The van der Waals surface area contributed by atoms with Gasteiger partial charge in [0.25, 0.3) is 0 Å². The van der Waals surface area contributed by atoms with Gasteiger partial charge in [0.2, 0.25) is 0 Å². The predicted octanol–water partition coefficient (Wildman–Crippen LogP) is 1.24. The fraction of sp³-hybridized carbons (Fsp3) is 0.250. The van der Waals surface area contributed by atoms with Gasteiger partial charge in [-0.3, -0.25) is 4.79 Å². The number of rotatable bonds is 3. The van der Waals surface area contributed by atoms with E-state index < -0.39 is 12.0 Å². The average Bonchev–Trinajstić information content (AvgIpc) is 2.21. The summed E-state index contributed by atoms with van der Waals surface area (Å²) in [4.78, 5) is 12.5. The number of aliphatic carboxylic acids is 1. The van der Waals surface area contributed by atoms with E-state index >= 15 is 0 Å². The van der Waals surface area contributed by atoms with Crippen molar-refractivity contribution < 1.29 is 9.90 Å². The number of carboxylic acids is 1. The van der Waals surface area contributed by atoms with Crippen LogP contribution in [0.1, 0.15) is 6.42 Å². The molecule has 0 fully saturated rings. The summed E-state index contributed by atoms with van der Waals surface area (Å²) in [7, 11) is 1.87. The molecule has 1 atom stereocenters. The summed E-state index contributed by atoms with van der Waals surface area (Å²) in [5, 5.41) is 8.76. The maximum Gasteiger partial charge on any atom is 0.320 e. The number of nitrogens with zero attached hydrogens (tertiary/aromatic N) is 1. The molecule has 0 saturated carbocycles. The van der Waals surface area contributed by atoms with E-state index in [1.165, 1.54) is 0 Å². The van der Waals surface area contributed by atoms with Gasteiger partial charge in [-0.05, 0) is 17.2 Å². The standard InChI is InChI=1S/C12H16N2O2/c1-9-5-3-4-6-14(2)8-10(9)7-11(13)12(15)16/h3-6,8,11H,1,7,13H2,2H3,(H,15,16)/b5-3-,6-4?,10-8-/t11-/m1/s1. The van der Waals surface area contributed by atoms with E-state index in [0.29, 0.717) is 0 Å². The monoisotopic (exact) mass is 220 g/mol. The Morgan fingerprint density at radius 2 is 2.31 bits per heavy atom. The quantitative estimate of drug-likeness (QED) is 0.751. The second kappa shape index (κ2) is 5.32. The first kappa shape index (κ1) is 12.3. The first-order valence-corrected chi connectivity index (χ1v) is 4.96. The topological polar surface area (TPSA) is 66.6 Å². The highest BCUT2D eigenvalue weighted by Gasteiger charge is 2.15. The number of carboxylic acid groups (broad SMARTS) is 1. The molecule has 3 N–H and O–H groups in total. The molecule has 0 aromatic heterocycles. The highest BCUT2D eigenvalue weighted by atomic mass is 16.4. The molecule has 0 bridgehead atoms. The molecule has 0 aromatic rings. The predicted molar refractivity (Wildman–Crippen MR) is 63.5 cm³/mol. The van der Waals surface area contributed by atoms with Crippen LogP contribution in [0.4, 0.5) is 0 Å². The largest absolute Gasteiger partial charge is 0.480 e. The second-order valence-corrected chi connectivity index (χ2v) is 3.69. The molecule has 0 spiro atoms. The molecule has 1 aliphatic rings. The summed E-state index contributed by atoms with van der Waals surface area (Å²) in [5.74, 6) is -1.00. The molecular formula is C12H16N2O2. The Morgan fingerprint density at radius 1 is 1.62 bits per heavy atom. The van der Waals surface area contributed by atoms with Crippen molar-refractivity contribution in [3.05, 3.63) is 48.4 Å². The molecule has 0 aromatic carbocycles. The minimum atomic E-state index is -1.00. The zero-order valence-electron chi connectivity index (χ0n) is 9.26. The summed E-state index contributed by atoms with van der Waals surface area (Å²) in [6, 6.07) is -0.895. The molecular weight excluding hydrogens is 204 g/mol. The van der Waals surface area contributed by atoms with Gasteiger partial charge in [0.05, 0.1) is 0 Å². The van der Waals surface area contributed by atoms with E-state index in [1.807, 2.05) is 42.6 Å². The molecule has 0 unspecified atom stereocenters. The number of nitrogens with two attached hydrogens (primary N) is 1. The van der Waals surface area contributed by atoms with Gasteiger partial charge in [0, 0.05) is 25.9 Å². The molecule has 16 heavy (non-hydrogen) atoms. The minimum absolute atomic E-state index is 0.274. The van der Waals surface area contributed by atoms with Crippen molar-refractivity contribution in [3.63, 3.8) is 0 Å². The van der Waals surface area contributed by atoms with E-state index in [-0.39, 0.29) is 6.42 Å². The SMILES string of the molecule is C=C1/C=C\C=CN(C)/C=C\1C[C@@H](N)C(=O)O. The lowest BCUT2D eigenvalue weighted by Crippen LogP contribution is -2.30. The van der Waals surface area contributed by atoms with Crippen molar-refractivity contribution in [2.75, 3.05) is 7.05 Å². The Labute approximate surface area is 95.0 Å². The van der Waals surface area contributed by atoms with Crippen molar-refractivity contribution >= 4 is 5.97 Å². The number of hydrogen-bond acceptors (Lipinski definition) is 3. The highest BCUT2D eigenvalue weighted by molar-refractivity contribution is 5.73. The number of carbonyl (C=O) groups is 1. The van der Waals surface area contributed by atoms with Crippen LogP contribution in [0.2, 0.25) is 0 Å². The second-order valence-electron chi connectivity index (χ2n) is 3.69. The fourth-order valence-corrected chi connectivity index (χ4v) is 1.34. The third-order valence-corrected chi connectivity index (χ3v) is 2.26. The fourth-order valence-electron chi connectivity index (χ4n) is 1.34.